The highest BCUT2D eigenvalue weighted by molar-refractivity contribution is 8.00. The Bertz CT molecular complexity index is 123. The third-order valence-electron chi connectivity index (χ3n) is 2.90. The first-order valence-corrected chi connectivity index (χ1v) is 9.95. The van der Waals surface area contributed by atoms with Crippen LogP contribution in [-0.2, 0) is 0 Å². The van der Waals surface area contributed by atoms with Crippen LogP contribution in [0.3, 0.4) is 0 Å². The largest absolute Gasteiger partial charge is 0.162 e. The monoisotopic (exact) mass is 292 g/mol. The lowest BCUT2D eigenvalue weighted by atomic mass is 10.4. The SMILES string of the molecule is CCC(C)SC(C)CC.CCCCSCCCC. The Labute approximate surface area is 125 Å². The Balaban J connectivity index is 0. The van der Waals surface area contributed by atoms with Crippen molar-refractivity contribution in [3.63, 3.8) is 0 Å². The van der Waals surface area contributed by atoms with Crippen LogP contribution in [0.5, 0.6) is 0 Å². The minimum absolute atomic E-state index is 0.847. The zero-order valence-corrected chi connectivity index (χ0v) is 15.3. The van der Waals surface area contributed by atoms with Crippen molar-refractivity contribution in [2.45, 2.75) is 90.6 Å². The molecule has 0 N–H and O–H groups in total. The summed E-state index contributed by atoms with van der Waals surface area (Å²) in [5.74, 6) is 2.74. The molecule has 0 aliphatic heterocycles. The molecule has 0 spiro atoms. The summed E-state index contributed by atoms with van der Waals surface area (Å²) < 4.78 is 0. The van der Waals surface area contributed by atoms with Crippen LogP contribution >= 0.6 is 23.5 Å². The molecule has 2 heteroatoms. The summed E-state index contributed by atoms with van der Waals surface area (Å²) in [5, 5.41) is 1.69. The number of unbranched alkanes of at least 4 members (excludes halogenated alkanes) is 2. The number of hydrogen-bond donors (Lipinski definition) is 0. The molecule has 0 rings (SSSR count). The van der Waals surface area contributed by atoms with Crippen LogP contribution in [0.15, 0.2) is 0 Å². The molecule has 0 nitrogen and oxygen atoms in total. The molecular formula is C16H36S2. The molecule has 18 heavy (non-hydrogen) atoms. The fraction of sp³-hybridized carbons (Fsp3) is 1.00. The van der Waals surface area contributed by atoms with Gasteiger partial charge in [0.2, 0.25) is 0 Å². The first kappa shape index (κ1) is 21.0. The predicted molar refractivity (Wildman–Crippen MR) is 94.2 cm³/mol. The summed E-state index contributed by atoms with van der Waals surface area (Å²) in [4.78, 5) is 0. The van der Waals surface area contributed by atoms with Crippen molar-refractivity contribution in [3.05, 3.63) is 0 Å². The average molecular weight is 293 g/mol. The van der Waals surface area contributed by atoms with Gasteiger partial charge in [0.1, 0.15) is 0 Å². The standard InChI is InChI=1S/2C8H18S/c1-5-7(3)9-8(4)6-2;1-3-5-7-9-8-6-4-2/h7-8H,5-6H2,1-4H3;3-8H2,1-2H3. The molecule has 0 bridgehead atoms. The van der Waals surface area contributed by atoms with E-state index in [0.29, 0.717) is 0 Å². The van der Waals surface area contributed by atoms with Gasteiger partial charge in [0.05, 0.1) is 0 Å². The van der Waals surface area contributed by atoms with Crippen molar-refractivity contribution in [1.29, 1.82) is 0 Å². The second-order valence-corrected chi connectivity index (χ2v) is 8.00. The summed E-state index contributed by atoms with van der Waals surface area (Å²) in [6, 6.07) is 0. The molecule has 0 aliphatic rings. The molecule has 112 valence electrons. The summed E-state index contributed by atoms with van der Waals surface area (Å²) >= 11 is 4.20. The third kappa shape index (κ3) is 19.0. The molecule has 0 saturated carbocycles. The van der Waals surface area contributed by atoms with E-state index < -0.39 is 0 Å². The van der Waals surface area contributed by atoms with Gasteiger partial charge in [-0.05, 0) is 37.2 Å². The lowest BCUT2D eigenvalue weighted by Crippen LogP contribution is -2.01. The van der Waals surface area contributed by atoms with Gasteiger partial charge >= 0.3 is 0 Å². The van der Waals surface area contributed by atoms with Gasteiger partial charge in [0.25, 0.3) is 0 Å². The van der Waals surface area contributed by atoms with Gasteiger partial charge in [-0.1, -0.05) is 54.4 Å². The van der Waals surface area contributed by atoms with Crippen LogP contribution in [0, 0.1) is 0 Å². The number of hydrogen-bond acceptors (Lipinski definition) is 2. The molecule has 0 aromatic rings. The topological polar surface area (TPSA) is 0 Å². The second kappa shape index (κ2) is 17.7. The van der Waals surface area contributed by atoms with Crippen LogP contribution in [0.1, 0.15) is 80.1 Å². The quantitative estimate of drug-likeness (QED) is 0.414. The van der Waals surface area contributed by atoms with Gasteiger partial charge in [-0.15, -0.1) is 0 Å². The van der Waals surface area contributed by atoms with Crippen molar-refractivity contribution >= 4 is 23.5 Å². The molecule has 0 amide bonds. The number of rotatable bonds is 10. The Kier molecular flexibility index (Phi) is 20.7. The van der Waals surface area contributed by atoms with Crippen molar-refractivity contribution in [1.82, 2.24) is 0 Å². The minimum Gasteiger partial charge on any atom is -0.162 e. The third-order valence-corrected chi connectivity index (χ3v) is 5.65. The zero-order chi connectivity index (χ0) is 14.2. The van der Waals surface area contributed by atoms with Gasteiger partial charge < -0.3 is 0 Å². The molecule has 0 radical (unpaired) electrons. The van der Waals surface area contributed by atoms with Crippen molar-refractivity contribution in [2.75, 3.05) is 11.5 Å². The smallest absolute Gasteiger partial charge is 0.00187 e. The summed E-state index contributed by atoms with van der Waals surface area (Å²) in [6.07, 6.45) is 8.09. The van der Waals surface area contributed by atoms with E-state index in [9.17, 15) is 0 Å². The molecule has 0 aromatic heterocycles. The normalized spacial score (nSPS) is 13.7. The lowest BCUT2D eigenvalue weighted by Gasteiger charge is -2.12. The van der Waals surface area contributed by atoms with E-state index in [0.717, 1.165) is 10.5 Å². The van der Waals surface area contributed by atoms with Crippen LogP contribution in [0.2, 0.25) is 0 Å². The van der Waals surface area contributed by atoms with E-state index in [1.54, 1.807) is 0 Å². The first-order chi connectivity index (χ1) is 8.62. The summed E-state index contributed by atoms with van der Waals surface area (Å²) in [6.45, 7) is 13.6. The maximum Gasteiger partial charge on any atom is 0.00187 e. The Morgan fingerprint density at radius 1 is 0.722 bits per heavy atom. The van der Waals surface area contributed by atoms with Crippen molar-refractivity contribution in [2.24, 2.45) is 0 Å². The molecule has 0 aliphatic carbocycles. The average Bonchev–Trinajstić information content (AvgIpc) is 2.39. The van der Waals surface area contributed by atoms with Gasteiger partial charge in [-0.2, -0.15) is 23.5 Å². The molecular weight excluding hydrogens is 256 g/mol. The molecule has 0 saturated heterocycles. The maximum atomic E-state index is 2.30. The highest BCUT2D eigenvalue weighted by atomic mass is 32.2. The highest BCUT2D eigenvalue weighted by Gasteiger charge is 2.03. The van der Waals surface area contributed by atoms with Crippen LogP contribution < -0.4 is 0 Å². The highest BCUT2D eigenvalue weighted by Crippen LogP contribution is 2.21. The first-order valence-electron chi connectivity index (χ1n) is 7.85. The zero-order valence-electron chi connectivity index (χ0n) is 13.6. The lowest BCUT2D eigenvalue weighted by molar-refractivity contribution is 0.860. The fourth-order valence-electron chi connectivity index (χ4n) is 1.18. The minimum atomic E-state index is 0.847. The molecule has 0 fully saturated rings. The van der Waals surface area contributed by atoms with Crippen LogP contribution in [-0.4, -0.2) is 22.0 Å². The number of thioether (sulfide) groups is 2. The van der Waals surface area contributed by atoms with E-state index in [-0.39, 0.29) is 0 Å². The fourth-order valence-corrected chi connectivity index (χ4v) is 3.55. The Morgan fingerprint density at radius 2 is 1.11 bits per heavy atom. The van der Waals surface area contributed by atoms with E-state index in [1.807, 2.05) is 0 Å². The second-order valence-electron chi connectivity index (χ2n) is 4.89. The van der Waals surface area contributed by atoms with Crippen molar-refractivity contribution in [3.8, 4) is 0 Å². The molecule has 0 aromatic carbocycles. The van der Waals surface area contributed by atoms with E-state index in [1.165, 1.54) is 50.0 Å². The van der Waals surface area contributed by atoms with E-state index in [2.05, 4.69) is 65.1 Å². The van der Waals surface area contributed by atoms with E-state index in [4.69, 9.17) is 0 Å². The Hall–Kier alpha value is 0.700. The maximum absolute atomic E-state index is 2.30. The predicted octanol–water partition coefficient (Wildman–Crippen LogP) is 6.64. The Morgan fingerprint density at radius 3 is 1.39 bits per heavy atom. The summed E-state index contributed by atoms with van der Waals surface area (Å²) in [7, 11) is 0. The van der Waals surface area contributed by atoms with Crippen LogP contribution in [0.4, 0.5) is 0 Å². The summed E-state index contributed by atoms with van der Waals surface area (Å²) in [5.41, 5.74) is 0. The molecule has 2 atom stereocenters. The molecule has 0 heterocycles. The van der Waals surface area contributed by atoms with Crippen molar-refractivity contribution < 1.29 is 0 Å². The van der Waals surface area contributed by atoms with Gasteiger partial charge in [-0.25, -0.2) is 0 Å². The van der Waals surface area contributed by atoms with Crippen LogP contribution in [0.25, 0.3) is 0 Å². The van der Waals surface area contributed by atoms with Gasteiger partial charge in [0.15, 0.2) is 0 Å². The van der Waals surface area contributed by atoms with Gasteiger partial charge in [-0.3, -0.25) is 0 Å². The van der Waals surface area contributed by atoms with Gasteiger partial charge in [0, 0.05) is 10.5 Å². The molecule has 2 unspecified atom stereocenters. The van der Waals surface area contributed by atoms with E-state index >= 15 is 0 Å².